The van der Waals surface area contributed by atoms with Gasteiger partial charge in [0.25, 0.3) is 0 Å². The van der Waals surface area contributed by atoms with Gasteiger partial charge in [-0.25, -0.2) is 9.59 Å². The summed E-state index contributed by atoms with van der Waals surface area (Å²) in [6.45, 7) is 2.78. The standard InChI is InChI=1S/C18H15O5/c1-12(22-11-19)23-18(20)21-10-17-15-8-4-2-6-13(15)14-7-3-5-9-16(14)17/h2-9,12,17H,10H2,1H3. The predicted octanol–water partition coefficient (Wildman–Crippen LogP) is 3.38. The maximum atomic E-state index is 11.7. The molecule has 1 atom stereocenters. The second kappa shape index (κ2) is 6.52. The third kappa shape index (κ3) is 3.04. The van der Waals surface area contributed by atoms with Gasteiger partial charge in [-0.1, -0.05) is 48.5 Å². The minimum Gasteiger partial charge on any atom is -0.433 e. The highest BCUT2D eigenvalue weighted by molar-refractivity contribution is 5.78. The Morgan fingerprint density at radius 1 is 1.09 bits per heavy atom. The zero-order valence-electron chi connectivity index (χ0n) is 12.5. The van der Waals surface area contributed by atoms with Gasteiger partial charge < -0.3 is 14.2 Å². The van der Waals surface area contributed by atoms with Crippen molar-refractivity contribution in [1.82, 2.24) is 0 Å². The highest BCUT2D eigenvalue weighted by Gasteiger charge is 2.29. The van der Waals surface area contributed by atoms with Gasteiger partial charge in [0.05, 0.1) is 0 Å². The van der Waals surface area contributed by atoms with Crippen molar-refractivity contribution in [2.75, 3.05) is 6.61 Å². The Morgan fingerprint density at radius 3 is 2.22 bits per heavy atom. The maximum Gasteiger partial charge on any atom is 0.511 e. The number of carbonyl (C=O) groups excluding carboxylic acids is 2. The molecule has 0 spiro atoms. The Kier molecular flexibility index (Phi) is 4.28. The van der Waals surface area contributed by atoms with Gasteiger partial charge in [0, 0.05) is 12.8 Å². The first-order valence-corrected chi connectivity index (χ1v) is 7.25. The lowest BCUT2D eigenvalue weighted by molar-refractivity contribution is -0.0611. The van der Waals surface area contributed by atoms with Crippen molar-refractivity contribution in [3.63, 3.8) is 0 Å². The molecule has 0 aliphatic heterocycles. The number of hydrogen-bond donors (Lipinski definition) is 0. The smallest absolute Gasteiger partial charge is 0.433 e. The summed E-state index contributed by atoms with van der Waals surface area (Å²) in [6.07, 6.45) is -1.90. The van der Waals surface area contributed by atoms with Crippen molar-refractivity contribution >= 4 is 12.6 Å². The molecule has 1 aliphatic carbocycles. The van der Waals surface area contributed by atoms with E-state index in [0.29, 0.717) is 0 Å². The van der Waals surface area contributed by atoms with E-state index in [2.05, 4.69) is 16.9 Å². The van der Waals surface area contributed by atoms with Crippen molar-refractivity contribution in [2.45, 2.75) is 19.1 Å². The SMILES string of the molecule is CC(O[C]=O)OC(=O)OCC1c2ccccc2-c2ccccc21. The van der Waals surface area contributed by atoms with Crippen LogP contribution in [0.5, 0.6) is 0 Å². The summed E-state index contributed by atoms with van der Waals surface area (Å²) in [5.41, 5.74) is 4.54. The normalized spacial score (nSPS) is 13.6. The lowest BCUT2D eigenvalue weighted by Gasteiger charge is -2.15. The maximum absolute atomic E-state index is 11.7. The third-order valence-corrected chi connectivity index (χ3v) is 3.81. The molecule has 1 aliphatic rings. The summed E-state index contributed by atoms with van der Waals surface area (Å²) in [7, 11) is 0. The molecule has 0 fully saturated rings. The van der Waals surface area contributed by atoms with E-state index in [1.165, 1.54) is 13.4 Å². The van der Waals surface area contributed by atoms with Crippen LogP contribution in [0.4, 0.5) is 4.79 Å². The van der Waals surface area contributed by atoms with Crippen LogP contribution >= 0.6 is 0 Å². The van der Waals surface area contributed by atoms with E-state index in [1.54, 1.807) is 0 Å². The number of carbonyl (C=O) groups is 1. The second-order valence-electron chi connectivity index (χ2n) is 5.17. The second-order valence-corrected chi connectivity index (χ2v) is 5.17. The van der Waals surface area contributed by atoms with Gasteiger partial charge in [-0.2, -0.15) is 0 Å². The molecule has 0 N–H and O–H groups in total. The summed E-state index contributed by atoms with van der Waals surface area (Å²) in [5, 5.41) is 0. The summed E-state index contributed by atoms with van der Waals surface area (Å²) in [5.74, 6) is -0.0381. The van der Waals surface area contributed by atoms with E-state index in [4.69, 9.17) is 9.47 Å². The minimum absolute atomic E-state index is 0.0381. The molecule has 5 nitrogen and oxygen atoms in total. The fourth-order valence-electron chi connectivity index (χ4n) is 2.85. The van der Waals surface area contributed by atoms with E-state index in [1.807, 2.05) is 36.4 Å². The molecule has 0 bridgehead atoms. The van der Waals surface area contributed by atoms with Crippen LogP contribution in [0.15, 0.2) is 48.5 Å². The molecule has 0 saturated carbocycles. The van der Waals surface area contributed by atoms with Gasteiger partial charge >= 0.3 is 12.6 Å². The van der Waals surface area contributed by atoms with Gasteiger partial charge in [-0.3, -0.25) is 0 Å². The van der Waals surface area contributed by atoms with Crippen molar-refractivity contribution in [3.8, 4) is 11.1 Å². The zero-order chi connectivity index (χ0) is 16.2. The molecule has 5 heteroatoms. The van der Waals surface area contributed by atoms with Crippen LogP contribution < -0.4 is 0 Å². The zero-order valence-corrected chi connectivity index (χ0v) is 12.5. The van der Waals surface area contributed by atoms with Crippen LogP contribution in [0, 0.1) is 0 Å². The van der Waals surface area contributed by atoms with Crippen LogP contribution in [0.2, 0.25) is 0 Å². The predicted molar refractivity (Wildman–Crippen MR) is 82.4 cm³/mol. The molecular formula is C18H15O5. The Bertz CT molecular complexity index is 679. The van der Waals surface area contributed by atoms with E-state index in [0.717, 1.165) is 22.3 Å². The van der Waals surface area contributed by atoms with E-state index in [-0.39, 0.29) is 12.5 Å². The number of hydrogen-bond acceptors (Lipinski definition) is 5. The van der Waals surface area contributed by atoms with E-state index < -0.39 is 12.4 Å². The first kappa shape index (κ1) is 15.1. The van der Waals surface area contributed by atoms with Gasteiger partial charge in [0.2, 0.25) is 6.29 Å². The fraction of sp³-hybridized carbons (Fsp3) is 0.222. The molecule has 2 aromatic rings. The lowest BCUT2D eigenvalue weighted by Crippen LogP contribution is -2.20. The third-order valence-electron chi connectivity index (χ3n) is 3.81. The monoisotopic (exact) mass is 311 g/mol. The van der Waals surface area contributed by atoms with Crippen LogP contribution in [-0.4, -0.2) is 25.5 Å². The minimum atomic E-state index is -1.02. The average molecular weight is 311 g/mol. The molecule has 3 rings (SSSR count). The van der Waals surface area contributed by atoms with Crippen LogP contribution in [0.25, 0.3) is 11.1 Å². The van der Waals surface area contributed by atoms with Gasteiger partial charge in [-0.05, 0) is 22.3 Å². The summed E-state index contributed by atoms with van der Waals surface area (Å²) in [4.78, 5) is 21.7. The first-order valence-electron chi connectivity index (χ1n) is 7.25. The molecule has 0 amide bonds. The first-order chi connectivity index (χ1) is 11.2. The largest absolute Gasteiger partial charge is 0.511 e. The Morgan fingerprint density at radius 2 is 1.65 bits per heavy atom. The van der Waals surface area contributed by atoms with Crippen LogP contribution in [-0.2, 0) is 19.0 Å². The van der Waals surface area contributed by atoms with Gasteiger partial charge in [0.15, 0.2) is 0 Å². The number of ether oxygens (including phenoxy) is 3. The highest BCUT2D eigenvalue weighted by Crippen LogP contribution is 2.44. The van der Waals surface area contributed by atoms with Crippen molar-refractivity contribution in [3.05, 3.63) is 59.7 Å². The van der Waals surface area contributed by atoms with Gasteiger partial charge in [-0.15, -0.1) is 0 Å². The topological polar surface area (TPSA) is 61.8 Å². The highest BCUT2D eigenvalue weighted by atomic mass is 16.8. The molecule has 0 aromatic heterocycles. The molecule has 23 heavy (non-hydrogen) atoms. The molecule has 2 aromatic carbocycles. The summed E-state index contributed by atoms with van der Waals surface area (Å²) >= 11 is 0. The molecule has 1 unspecified atom stereocenters. The number of benzene rings is 2. The van der Waals surface area contributed by atoms with Gasteiger partial charge in [0.1, 0.15) is 6.61 Å². The fourth-order valence-corrected chi connectivity index (χ4v) is 2.85. The lowest BCUT2D eigenvalue weighted by atomic mass is 9.98. The Balaban J connectivity index is 1.73. The number of fused-ring (bicyclic) bond motifs is 3. The molecule has 0 heterocycles. The molecular weight excluding hydrogens is 296 g/mol. The molecule has 1 radical (unpaired) electrons. The molecule has 117 valence electrons. The van der Waals surface area contributed by atoms with E-state index in [9.17, 15) is 9.59 Å². The number of rotatable bonds is 5. The quantitative estimate of drug-likeness (QED) is 0.626. The summed E-state index contributed by atoms with van der Waals surface area (Å²) < 4.78 is 14.3. The van der Waals surface area contributed by atoms with Crippen molar-refractivity contribution in [2.24, 2.45) is 0 Å². The van der Waals surface area contributed by atoms with E-state index >= 15 is 0 Å². The van der Waals surface area contributed by atoms with Crippen molar-refractivity contribution in [1.29, 1.82) is 0 Å². The Labute approximate surface area is 133 Å². The van der Waals surface area contributed by atoms with Crippen LogP contribution in [0.1, 0.15) is 24.0 Å². The Hall–Kier alpha value is -2.82. The average Bonchev–Trinajstić information content (AvgIpc) is 2.87. The van der Waals surface area contributed by atoms with Crippen LogP contribution in [0.3, 0.4) is 0 Å². The molecule has 0 saturated heterocycles. The summed E-state index contributed by atoms with van der Waals surface area (Å²) in [6, 6.07) is 16.1. The van der Waals surface area contributed by atoms with Crippen molar-refractivity contribution < 1.29 is 23.8 Å².